The van der Waals surface area contributed by atoms with E-state index in [4.69, 9.17) is 9.47 Å². The zero-order chi connectivity index (χ0) is 48.7. The molecule has 0 saturated carbocycles. The van der Waals surface area contributed by atoms with Crippen molar-refractivity contribution in [2.24, 2.45) is 20.4 Å². The number of amides is 2. The molecule has 20 heteroatoms. The molecule has 66 heavy (non-hydrogen) atoms. The van der Waals surface area contributed by atoms with Crippen molar-refractivity contribution in [3.05, 3.63) is 144 Å². The van der Waals surface area contributed by atoms with Crippen LogP contribution in [0, 0.1) is 0 Å². The average molecular weight is 999 g/mol. The Hall–Kier alpha value is -7.27. The summed E-state index contributed by atoms with van der Waals surface area (Å²) in [6.45, 7) is 5.01. The van der Waals surface area contributed by atoms with Crippen molar-refractivity contribution in [3.63, 3.8) is 0 Å². The molecule has 0 aromatic heterocycles. The Balaban J connectivity index is -0.000000387. The Kier molecular flexibility index (Phi) is 41.3. The zero-order valence-electron chi connectivity index (χ0n) is 37.5. The van der Waals surface area contributed by atoms with Gasteiger partial charge in [-0.1, -0.05) is 110 Å². The van der Waals surface area contributed by atoms with Gasteiger partial charge < -0.3 is 49.9 Å². The van der Waals surface area contributed by atoms with Gasteiger partial charge in [-0.15, -0.1) is 11.5 Å². The number of carbonyl (C=O) groups excluding carboxylic acids is 4. The largest absolute Gasteiger partial charge is 3.00 e. The van der Waals surface area contributed by atoms with Crippen molar-refractivity contribution in [3.8, 4) is 23.0 Å². The summed E-state index contributed by atoms with van der Waals surface area (Å²) in [5, 5.41) is 79.6. The van der Waals surface area contributed by atoms with E-state index in [0.29, 0.717) is 22.6 Å². The number of nitrogens with zero attached hydrogens (tertiary/aromatic N) is 6. The predicted molar refractivity (Wildman–Crippen MR) is 234 cm³/mol. The SMILES string of the molecule is CC(=O)/C=C(/C)[O-].CC(=O)/C=C(/C)[O-].CN(C)C=O.CN(C)C=O.[Co+3].[Co+3].[O-]/C(COc1ccccc1)=N\N=C\c1ccccc1[O-].[O-]/C(COc1ccccc1)=N\N=C\c1ccccc1[O-]. The molecule has 0 aliphatic carbocycles. The number of para-hydroxylation sites is 4. The Morgan fingerprint density at radius 1 is 0.515 bits per heavy atom. The number of benzene rings is 4. The Morgan fingerprint density at radius 3 is 1.02 bits per heavy atom. The fraction of sp³-hybridized carbons (Fsp3) is 0.217. The molecule has 4 aromatic rings. The van der Waals surface area contributed by atoms with E-state index in [0.717, 1.165) is 25.0 Å². The zero-order valence-corrected chi connectivity index (χ0v) is 39.6. The van der Waals surface area contributed by atoms with E-state index < -0.39 is 11.8 Å². The Morgan fingerprint density at radius 2 is 0.788 bits per heavy atom. The molecule has 4 rings (SSSR count). The third-order valence-electron chi connectivity index (χ3n) is 6.02. The normalized spacial score (nSPS) is 10.5. The topological polar surface area (TPSA) is 281 Å². The molecule has 0 unspecified atom stereocenters. The van der Waals surface area contributed by atoms with Crippen LogP contribution in [0.1, 0.15) is 38.8 Å². The van der Waals surface area contributed by atoms with Crippen molar-refractivity contribution in [1.82, 2.24) is 9.80 Å². The van der Waals surface area contributed by atoms with Crippen LogP contribution in [-0.2, 0) is 52.7 Å². The molecule has 0 N–H and O–H groups in total. The van der Waals surface area contributed by atoms with Gasteiger partial charge in [-0.25, -0.2) is 0 Å². The maximum Gasteiger partial charge on any atom is 3.00 e. The summed E-state index contributed by atoms with van der Waals surface area (Å²) < 4.78 is 10.4. The minimum absolute atomic E-state index is 0. The maximum atomic E-state index is 11.4. The minimum Gasteiger partial charge on any atom is -0.876 e. The maximum absolute atomic E-state index is 11.4. The quantitative estimate of drug-likeness (QED) is 0.0426. The second-order valence-corrected chi connectivity index (χ2v) is 12.6. The number of hydrogen-bond acceptors (Lipinski definition) is 16. The summed E-state index contributed by atoms with van der Waals surface area (Å²) in [5.41, 5.74) is 0.765. The fourth-order valence-electron chi connectivity index (χ4n) is 3.44. The standard InChI is InChI=1S/2C15H14N2O3.2C5H8O2.2C3H7NO.2Co/c2*18-14-9-5-4-6-12(14)10-16-17-15(19)11-20-13-7-2-1-3-8-13;2*1-4(6)3-5(2)7;2*1-4(2)3-5;;/h2*1-10,18H,11H2,(H,17,19);2*3,6H,1-2H3;2*3H,1-2H3;;/q;;;;;;2*+3/p-6/b2*16-10+;2*4-3-;;;;. The van der Waals surface area contributed by atoms with E-state index in [9.17, 15) is 49.8 Å². The second-order valence-electron chi connectivity index (χ2n) is 12.6. The molecule has 0 aliphatic rings. The smallest absolute Gasteiger partial charge is 0.876 e. The minimum atomic E-state index is -0.520. The molecule has 0 atom stereocenters. The summed E-state index contributed by atoms with van der Waals surface area (Å²) in [7, 11) is 6.75. The first-order chi connectivity index (χ1) is 30.3. The van der Waals surface area contributed by atoms with Crippen LogP contribution in [-0.4, -0.2) is 99.8 Å². The van der Waals surface area contributed by atoms with Crippen LogP contribution in [0.3, 0.4) is 0 Å². The summed E-state index contributed by atoms with van der Waals surface area (Å²) in [4.78, 5) is 41.7. The molecular weight excluding hydrogens is 946 g/mol. The van der Waals surface area contributed by atoms with Crippen LogP contribution >= 0.6 is 0 Å². The van der Waals surface area contributed by atoms with Crippen LogP contribution in [0.2, 0.25) is 0 Å². The first-order valence-corrected chi connectivity index (χ1v) is 18.7. The van der Waals surface area contributed by atoms with E-state index in [-0.39, 0.29) is 81.4 Å². The molecule has 0 heterocycles. The van der Waals surface area contributed by atoms with Gasteiger partial charge in [0.2, 0.25) is 12.8 Å². The first-order valence-electron chi connectivity index (χ1n) is 18.7. The molecular formula is C46H52Co2N6O12. The van der Waals surface area contributed by atoms with E-state index in [1.54, 1.807) is 113 Å². The van der Waals surface area contributed by atoms with Gasteiger partial charge in [0.1, 0.15) is 24.7 Å². The van der Waals surface area contributed by atoms with Crippen molar-refractivity contribution >= 4 is 48.6 Å². The van der Waals surface area contributed by atoms with Gasteiger partial charge in [-0.05, 0) is 61.4 Å². The van der Waals surface area contributed by atoms with Gasteiger partial charge in [0.15, 0.2) is 11.6 Å². The third-order valence-corrected chi connectivity index (χ3v) is 6.02. The predicted octanol–water partition coefficient (Wildman–Crippen LogP) is 0.947. The van der Waals surface area contributed by atoms with Gasteiger partial charge in [-0.3, -0.25) is 19.2 Å². The molecule has 4 aromatic carbocycles. The van der Waals surface area contributed by atoms with Crippen molar-refractivity contribution in [2.75, 3.05) is 41.4 Å². The van der Waals surface area contributed by atoms with Gasteiger partial charge in [-0.2, -0.15) is 20.4 Å². The van der Waals surface area contributed by atoms with Gasteiger partial charge >= 0.3 is 33.6 Å². The first kappa shape index (κ1) is 65.3. The van der Waals surface area contributed by atoms with Crippen LogP contribution < -0.4 is 40.1 Å². The summed E-state index contributed by atoms with van der Waals surface area (Å²) in [5.74, 6) is -0.948. The monoisotopic (exact) mass is 998 g/mol. The van der Waals surface area contributed by atoms with Crippen molar-refractivity contribution < 1.29 is 92.8 Å². The van der Waals surface area contributed by atoms with Crippen LogP contribution in [0.4, 0.5) is 0 Å². The summed E-state index contributed by atoms with van der Waals surface area (Å²) in [6.07, 6.45) is 6.12. The number of hydrogen-bond donors (Lipinski definition) is 0. The fourth-order valence-corrected chi connectivity index (χ4v) is 3.44. The number of carbonyl (C=O) groups is 4. The molecule has 0 spiro atoms. The Labute approximate surface area is 406 Å². The van der Waals surface area contributed by atoms with Crippen molar-refractivity contribution in [1.29, 1.82) is 0 Å². The molecule has 0 bridgehead atoms. The molecule has 2 amide bonds. The van der Waals surface area contributed by atoms with Gasteiger partial charge in [0.05, 0.1) is 12.4 Å². The van der Waals surface area contributed by atoms with Crippen LogP contribution in [0.5, 0.6) is 23.0 Å². The van der Waals surface area contributed by atoms with E-state index >= 15 is 0 Å². The van der Waals surface area contributed by atoms with E-state index in [1.807, 2.05) is 12.1 Å². The summed E-state index contributed by atoms with van der Waals surface area (Å²) >= 11 is 0. The van der Waals surface area contributed by atoms with Crippen LogP contribution in [0.25, 0.3) is 0 Å². The number of allylic oxidation sites excluding steroid dienone is 4. The Bertz CT molecular complexity index is 1970. The second kappa shape index (κ2) is 41.7. The van der Waals surface area contributed by atoms with Gasteiger partial charge in [0, 0.05) is 40.0 Å². The molecule has 0 aliphatic heterocycles. The molecule has 356 valence electrons. The molecule has 18 nitrogen and oxygen atoms in total. The van der Waals surface area contributed by atoms with Crippen LogP contribution in [0.15, 0.2) is 153 Å². The van der Waals surface area contributed by atoms with Gasteiger partial charge in [0.25, 0.3) is 0 Å². The van der Waals surface area contributed by atoms with E-state index in [2.05, 4.69) is 20.4 Å². The van der Waals surface area contributed by atoms with E-state index in [1.165, 1.54) is 62.1 Å². The molecule has 0 saturated heterocycles. The van der Waals surface area contributed by atoms with Crippen molar-refractivity contribution in [2.45, 2.75) is 27.7 Å². The average Bonchev–Trinajstić information content (AvgIpc) is 3.24. The number of ketones is 2. The molecule has 0 fully saturated rings. The number of rotatable bonds is 14. The molecule has 0 radical (unpaired) electrons. The number of ether oxygens (including phenoxy) is 2. The third kappa shape index (κ3) is 42.1. The summed E-state index contributed by atoms with van der Waals surface area (Å²) in [6, 6.07) is 30.6.